The van der Waals surface area contributed by atoms with E-state index >= 15 is 0 Å². The fourth-order valence-corrected chi connectivity index (χ4v) is 2.99. The third-order valence-corrected chi connectivity index (χ3v) is 4.24. The molecule has 0 aliphatic carbocycles. The Bertz CT molecular complexity index is 697. The van der Waals surface area contributed by atoms with Crippen LogP contribution in [-0.4, -0.2) is 36.5 Å². The molecule has 0 saturated carbocycles. The number of likely N-dealkylation sites (N-methyl/N-ethyl adjacent to an activating group) is 1. The van der Waals surface area contributed by atoms with Gasteiger partial charge in [-0.2, -0.15) is 0 Å². The number of carbonyl (C=O) groups excluding carboxylic acids is 1. The molecule has 4 nitrogen and oxygen atoms in total. The van der Waals surface area contributed by atoms with Crippen molar-refractivity contribution >= 4 is 5.91 Å². The quantitative estimate of drug-likeness (QED) is 0.914. The van der Waals surface area contributed by atoms with E-state index in [1.54, 1.807) is 24.3 Å². The van der Waals surface area contributed by atoms with Gasteiger partial charge < -0.3 is 15.0 Å². The lowest BCUT2D eigenvalue weighted by atomic mass is 10.1. The van der Waals surface area contributed by atoms with Gasteiger partial charge in [0.05, 0.1) is 5.56 Å². The highest BCUT2D eigenvalue weighted by atomic mass is 19.1. The van der Waals surface area contributed by atoms with Crippen LogP contribution in [0, 0.1) is 5.82 Å². The Morgan fingerprint density at radius 2 is 2.00 bits per heavy atom. The smallest absolute Gasteiger partial charge is 0.257 e. The zero-order valence-electron chi connectivity index (χ0n) is 13.7. The highest BCUT2D eigenvalue weighted by Crippen LogP contribution is 2.27. The van der Waals surface area contributed by atoms with Crippen LogP contribution in [0.25, 0.3) is 0 Å². The van der Waals surface area contributed by atoms with Crippen LogP contribution in [0.1, 0.15) is 23.7 Å². The third-order valence-electron chi connectivity index (χ3n) is 4.24. The van der Waals surface area contributed by atoms with Gasteiger partial charge in [0.2, 0.25) is 0 Å². The molecule has 1 aliphatic heterocycles. The van der Waals surface area contributed by atoms with E-state index in [1.807, 2.05) is 24.0 Å². The number of carbonyl (C=O) groups is 1. The molecule has 24 heavy (non-hydrogen) atoms. The maximum absolute atomic E-state index is 13.0. The normalized spacial score (nSPS) is 16.8. The van der Waals surface area contributed by atoms with Crippen LogP contribution in [-0.2, 0) is 0 Å². The summed E-state index contributed by atoms with van der Waals surface area (Å²) in [4.78, 5) is 14.9. The van der Waals surface area contributed by atoms with Crippen molar-refractivity contribution in [2.75, 3.05) is 19.6 Å². The Labute approximate surface area is 141 Å². The van der Waals surface area contributed by atoms with Crippen LogP contribution in [0.2, 0.25) is 0 Å². The van der Waals surface area contributed by atoms with Crippen molar-refractivity contribution in [2.45, 2.75) is 19.4 Å². The van der Waals surface area contributed by atoms with Crippen LogP contribution in [0.3, 0.4) is 0 Å². The van der Waals surface area contributed by atoms with E-state index in [2.05, 4.69) is 5.32 Å². The molecule has 0 bridgehead atoms. The number of nitrogens with zero attached hydrogens (tertiary/aromatic N) is 1. The van der Waals surface area contributed by atoms with Crippen molar-refractivity contribution in [3.8, 4) is 11.5 Å². The summed E-state index contributed by atoms with van der Waals surface area (Å²) in [5.41, 5.74) is 0.524. The maximum atomic E-state index is 13.0. The van der Waals surface area contributed by atoms with E-state index in [0.29, 0.717) is 23.6 Å². The molecule has 2 aromatic rings. The van der Waals surface area contributed by atoms with E-state index in [4.69, 9.17) is 4.74 Å². The van der Waals surface area contributed by atoms with Gasteiger partial charge >= 0.3 is 0 Å². The SMILES string of the molecule is CCN(C(=O)c1ccccc1Oc1ccc(F)cc1)[C@H]1CCNC1. The lowest BCUT2D eigenvalue weighted by Gasteiger charge is -2.28. The number of para-hydroxylation sites is 1. The summed E-state index contributed by atoms with van der Waals surface area (Å²) < 4.78 is 18.8. The Hall–Kier alpha value is -2.40. The minimum Gasteiger partial charge on any atom is -0.457 e. The molecule has 2 aromatic carbocycles. The number of halogens is 1. The van der Waals surface area contributed by atoms with Crippen LogP contribution in [0.5, 0.6) is 11.5 Å². The number of ether oxygens (including phenoxy) is 1. The molecule has 126 valence electrons. The second-order valence-electron chi connectivity index (χ2n) is 5.79. The van der Waals surface area contributed by atoms with E-state index in [1.165, 1.54) is 12.1 Å². The van der Waals surface area contributed by atoms with E-state index in [9.17, 15) is 9.18 Å². The third kappa shape index (κ3) is 3.57. The van der Waals surface area contributed by atoms with Crippen molar-refractivity contribution in [3.63, 3.8) is 0 Å². The summed E-state index contributed by atoms with van der Waals surface area (Å²) in [5.74, 6) is 0.627. The van der Waals surface area contributed by atoms with Gasteiger partial charge in [0.1, 0.15) is 17.3 Å². The summed E-state index contributed by atoms with van der Waals surface area (Å²) in [5, 5.41) is 3.29. The minimum atomic E-state index is -0.322. The number of hydrogen-bond donors (Lipinski definition) is 1. The molecular formula is C19H21FN2O2. The number of benzene rings is 2. The number of nitrogens with one attached hydrogen (secondary N) is 1. The second-order valence-corrected chi connectivity index (χ2v) is 5.79. The van der Waals surface area contributed by atoms with Gasteiger partial charge in [-0.25, -0.2) is 4.39 Å². The van der Waals surface area contributed by atoms with Crippen molar-refractivity contribution in [3.05, 3.63) is 59.9 Å². The van der Waals surface area contributed by atoms with Gasteiger partial charge in [0.25, 0.3) is 5.91 Å². The van der Waals surface area contributed by atoms with Crippen molar-refractivity contribution < 1.29 is 13.9 Å². The van der Waals surface area contributed by atoms with Gasteiger partial charge in [-0.05, 0) is 56.3 Å². The van der Waals surface area contributed by atoms with E-state index in [0.717, 1.165) is 19.5 Å². The van der Waals surface area contributed by atoms with Crippen LogP contribution < -0.4 is 10.1 Å². The molecule has 0 radical (unpaired) electrons. The fraction of sp³-hybridized carbons (Fsp3) is 0.316. The lowest BCUT2D eigenvalue weighted by molar-refractivity contribution is 0.0701. The highest BCUT2D eigenvalue weighted by molar-refractivity contribution is 5.97. The molecule has 0 aromatic heterocycles. The first kappa shape index (κ1) is 16.5. The highest BCUT2D eigenvalue weighted by Gasteiger charge is 2.27. The predicted molar refractivity (Wildman–Crippen MR) is 90.9 cm³/mol. The zero-order chi connectivity index (χ0) is 16.9. The monoisotopic (exact) mass is 328 g/mol. The molecule has 1 fully saturated rings. The minimum absolute atomic E-state index is 0.0380. The largest absolute Gasteiger partial charge is 0.457 e. The predicted octanol–water partition coefficient (Wildman–Crippen LogP) is 3.44. The Balaban J connectivity index is 1.84. The number of hydrogen-bond acceptors (Lipinski definition) is 3. The van der Waals surface area contributed by atoms with Crippen molar-refractivity contribution in [2.24, 2.45) is 0 Å². The standard InChI is InChI=1S/C19H21FN2O2/c1-2-22(15-11-12-21-13-15)19(23)17-5-3-4-6-18(17)24-16-9-7-14(20)8-10-16/h3-10,15,21H,2,11-13H2,1H3/t15-/m0/s1. The van der Waals surface area contributed by atoms with Gasteiger partial charge in [-0.1, -0.05) is 12.1 Å². The summed E-state index contributed by atoms with van der Waals surface area (Å²) in [6, 6.07) is 13.2. The number of rotatable bonds is 5. The van der Waals surface area contributed by atoms with Crippen LogP contribution >= 0.6 is 0 Å². The Morgan fingerprint density at radius 1 is 1.25 bits per heavy atom. The number of amides is 1. The fourth-order valence-electron chi connectivity index (χ4n) is 2.99. The lowest BCUT2D eigenvalue weighted by Crippen LogP contribution is -2.41. The first-order valence-electron chi connectivity index (χ1n) is 8.23. The summed E-state index contributed by atoms with van der Waals surface area (Å²) in [6.07, 6.45) is 0.959. The molecule has 1 amide bonds. The molecule has 1 saturated heterocycles. The topological polar surface area (TPSA) is 41.6 Å². The Kier molecular flexibility index (Phi) is 5.11. The van der Waals surface area contributed by atoms with Gasteiger partial charge in [0.15, 0.2) is 0 Å². The molecule has 1 heterocycles. The first-order valence-corrected chi connectivity index (χ1v) is 8.23. The zero-order valence-corrected chi connectivity index (χ0v) is 13.7. The average Bonchev–Trinajstić information content (AvgIpc) is 3.12. The van der Waals surface area contributed by atoms with Crippen molar-refractivity contribution in [1.29, 1.82) is 0 Å². The van der Waals surface area contributed by atoms with E-state index in [-0.39, 0.29) is 17.8 Å². The first-order chi connectivity index (χ1) is 11.7. The van der Waals surface area contributed by atoms with E-state index < -0.39 is 0 Å². The molecule has 1 atom stereocenters. The van der Waals surface area contributed by atoms with Gasteiger partial charge in [-0.3, -0.25) is 4.79 Å². The second kappa shape index (κ2) is 7.45. The average molecular weight is 328 g/mol. The Morgan fingerprint density at radius 3 is 2.67 bits per heavy atom. The summed E-state index contributed by atoms with van der Waals surface area (Å²) >= 11 is 0. The van der Waals surface area contributed by atoms with Gasteiger partial charge in [-0.15, -0.1) is 0 Å². The molecular weight excluding hydrogens is 307 g/mol. The van der Waals surface area contributed by atoms with Crippen LogP contribution in [0.4, 0.5) is 4.39 Å². The van der Waals surface area contributed by atoms with Gasteiger partial charge in [0, 0.05) is 19.1 Å². The molecule has 0 unspecified atom stereocenters. The van der Waals surface area contributed by atoms with Crippen molar-refractivity contribution in [1.82, 2.24) is 10.2 Å². The molecule has 5 heteroatoms. The molecule has 0 spiro atoms. The van der Waals surface area contributed by atoms with Crippen LogP contribution in [0.15, 0.2) is 48.5 Å². The maximum Gasteiger partial charge on any atom is 0.257 e. The summed E-state index contributed by atoms with van der Waals surface area (Å²) in [7, 11) is 0. The molecule has 3 rings (SSSR count). The summed E-state index contributed by atoms with van der Waals surface area (Å²) in [6.45, 7) is 4.39. The molecule has 1 N–H and O–H groups in total. The molecule has 1 aliphatic rings.